The Bertz CT molecular complexity index is 681. The lowest BCUT2D eigenvalue weighted by Gasteiger charge is -2.40. The molecule has 9 nitrogen and oxygen atoms in total. The van der Waals surface area contributed by atoms with Crippen LogP contribution >= 0.6 is 0 Å². The second-order valence-electron chi connectivity index (χ2n) is 13.4. The van der Waals surface area contributed by atoms with Crippen LogP contribution in [-0.2, 0) is 14.3 Å². The molecule has 1 rings (SSSR count). The maximum atomic E-state index is 12.8. The van der Waals surface area contributed by atoms with Crippen LogP contribution in [0, 0.1) is 0 Å². The van der Waals surface area contributed by atoms with Crippen LogP contribution in [0.3, 0.4) is 0 Å². The molecule has 0 aromatic heterocycles. The molecule has 45 heavy (non-hydrogen) atoms. The van der Waals surface area contributed by atoms with Crippen LogP contribution in [-0.4, -0.2) is 87.5 Å². The number of carbonyl (C=O) groups excluding carboxylic acids is 1. The molecule has 1 saturated heterocycles. The summed E-state index contributed by atoms with van der Waals surface area (Å²) in [7, 11) is 0. The van der Waals surface area contributed by atoms with Crippen LogP contribution in [0.5, 0.6) is 0 Å². The topological polar surface area (TPSA) is 149 Å². The van der Waals surface area contributed by atoms with Crippen LogP contribution in [0.1, 0.15) is 168 Å². The average molecular weight is 646 g/mol. The summed E-state index contributed by atoms with van der Waals surface area (Å²) in [4.78, 5) is 12.8. The Kier molecular flexibility index (Phi) is 26.5. The molecule has 7 atom stereocenters. The maximum Gasteiger partial charge on any atom is 0.220 e. The van der Waals surface area contributed by atoms with Gasteiger partial charge >= 0.3 is 0 Å². The highest BCUT2D eigenvalue weighted by Gasteiger charge is 2.44. The molecule has 1 aliphatic rings. The Hall–Kier alpha value is -0.810. The van der Waals surface area contributed by atoms with Crippen molar-refractivity contribution in [1.82, 2.24) is 5.32 Å². The van der Waals surface area contributed by atoms with Crippen LogP contribution < -0.4 is 5.32 Å². The number of unbranched alkanes of at least 4 members (excludes halogenated alkanes) is 20. The van der Waals surface area contributed by atoms with Crippen molar-refractivity contribution in [3.63, 3.8) is 0 Å². The third kappa shape index (κ3) is 20.2. The van der Waals surface area contributed by atoms with E-state index in [-0.39, 0.29) is 12.5 Å². The van der Waals surface area contributed by atoms with Gasteiger partial charge in [-0.3, -0.25) is 4.79 Å². The molecule has 7 unspecified atom stereocenters. The molecule has 0 radical (unpaired) electrons. The van der Waals surface area contributed by atoms with E-state index in [9.17, 15) is 30.3 Å². The van der Waals surface area contributed by atoms with Crippen molar-refractivity contribution in [2.75, 3.05) is 13.2 Å². The van der Waals surface area contributed by atoms with Crippen LogP contribution in [0.25, 0.3) is 0 Å². The fraction of sp³-hybridized carbons (Fsp3) is 0.972. The quantitative estimate of drug-likeness (QED) is 0.0517. The first-order valence-corrected chi connectivity index (χ1v) is 18.7. The highest BCUT2D eigenvalue weighted by molar-refractivity contribution is 5.76. The number of ether oxygens (including phenoxy) is 2. The number of amides is 1. The van der Waals surface area contributed by atoms with E-state index in [1.807, 2.05) is 0 Å². The lowest BCUT2D eigenvalue weighted by molar-refractivity contribution is -0.302. The van der Waals surface area contributed by atoms with Crippen molar-refractivity contribution in [3.05, 3.63) is 0 Å². The monoisotopic (exact) mass is 646 g/mol. The van der Waals surface area contributed by atoms with Crippen molar-refractivity contribution in [2.24, 2.45) is 0 Å². The number of nitrogens with one attached hydrogen (secondary N) is 1. The molecule has 0 aliphatic carbocycles. The zero-order valence-corrected chi connectivity index (χ0v) is 28.9. The normalized spacial score (nSPS) is 23.2. The van der Waals surface area contributed by atoms with E-state index < -0.39 is 49.5 Å². The van der Waals surface area contributed by atoms with Crippen LogP contribution in [0.4, 0.5) is 0 Å². The standard InChI is InChI=1S/C36H71NO8/c1-3-5-7-9-11-13-15-16-17-19-21-23-25-30(39)29(28-44-36-35(43)34(42)33(41)31(27-38)45-36)37-32(40)26-24-22-20-18-14-12-10-8-6-4-2/h29-31,33-36,38-39,41-43H,3-28H2,1-2H3,(H,37,40). The first kappa shape index (κ1) is 42.2. The zero-order valence-electron chi connectivity index (χ0n) is 28.9. The van der Waals surface area contributed by atoms with Gasteiger partial charge in [-0.15, -0.1) is 0 Å². The predicted octanol–water partition coefficient (Wildman–Crippen LogP) is 6.05. The molecule has 1 aliphatic heterocycles. The Labute approximate surface area is 274 Å². The lowest BCUT2D eigenvalue weighted by Crippen LogP contribution is -2.60. The fourth-order valence-electron chi connectivity index (χ4n) is 6.10. The van der Waals surface area contributed by atoms with Gasteiger partial charge in [-0.25, -0.2) is 0 Å². The van der Waals surface area contributed by atoms with Gasteiger partial charge in [0.1, 0.15) is 24.4 Å². The van der Waals surface area contributed by atoms with Gasteiger partial charge in [0.25, 0.3) is 0 Å². The van der Waals surface area contributed by atoms with E-state index in [1.54, 1.807) is 0 Å². The summed E-state index contributed by atoms with van der Waals surface area (Å²) in [5.41, 5.74) is 0. The molecule has 1 amide bonds. The summed E-state index contributed by atoms with van der Waals surface area (Å²) >= 11 is 0. The van der Waals surface area contributed by atoms with Gasteiger partial charge < -0.3 is 40.3 Å². The van der Waals surface area contributed by atoms with Gasteiger partial charge in [0, 0.05) is 6.42 Å². The van der Waals surface area contributed by atoms with Crippen LogP contribution in [0.2, 0.25) is 0 Å². The number of carbonyl (C=O) groups is 1. The van der Waals surface area contributed by atoms with Gasteiger partial charge in [-0.2, -0.15) is 0 Å². The molecule has 0 spiro atoms. The number of rotatable bonds is 30. The summed E-state index contributed by atoms with van der Waals surface area (Å²) in [5.74, 6) is -0.147. The Morgan fingerprint density at radius 3 is 1.58 bits per heavy atom. The average Bonchev–Trinajstić information content (AvgIpc) is 3.04. The smallest absolute Gasteiger partial charge is 0.220 e. The largest absolute Gasteiger partial charge is 0.394 e. The molecule has 9 heteroatoms. The molecule has 1 fully saturated rings. The second-order valence-corrected chi connectivity index (χ2v) is 13.4. The number of hydrogen-bond donors (Lipinski definition) is 6. The first-order chi connectivity index (χ1) is 21.8. The SMILES string of the molecule is CCCCCCCCCCCCCCC(O)C(COC1OC(CO)C(O)C(O)C1O)NC(=O)CCCCCCCCCCCC. The van der Waals surface area contributed by atoms with E-state index in [2.05, 4.69) is 19.2 Å². The van der Waals surface area contributed by atoms with Gasteiger partial charge in [0.15, 0.2) is 6.29 Å². The summed E-state index contributed by atoms with van der Waals surface area (Å²) in [5, 5.41) is 53.9. The Balaban J connectivity index is 2.44. The van der Waals surface area contributed by atoms with Crippen molar-refractivity contribution >= 4 is 5.91 Å². The Morgan fingerprint density at radius 2 is 1.11 bits per heavy atom. The summed E-state index contributed by atoms with van der Waals surface area (Å²) in [6, 6.07) is -0.708. The highest BCUT2D eigenvalue weighted by Crippen LogP contribution is 2.23. The van der Waals surface area contributed by atoms with E-state index >= 15 is 0 Å². The van der Waals surface area contributed by atoms with E-state index in [4.69, 9.17) is 9.47 Å². The lowest BCUT2D eigenvalue weighted by atomic mass is 9.99. The zero-order chi connectivity index (χ0) is 33.1. The first-order valence-electron chi connectivity index (χ1n) is 18.7. The minimum Gasteiger partial charge on any atom is -0.394 e. The minimum absolute atomic E-state index is 0.133. The summed E-state index contributed by atoms with van der Waals surface area (Å²) in [6.45, 7) is 3.79. The molecule has 0 bridgehead atoms. The van der Waals surface area contributed by atoms with Gasteiger partial charge in [-0.05, 0) is 12.8 Å². The number of aliphatic hydroxyl groups is 5. The molecular formula is C36H71NO8. The maximum absolute atomic E-state index is 12.8. The number of hydrogen-bond acceptors (Lipinski definition) is 8. The molecular weight excluding hydrogens is 574 g/mol. The molecule has 268 valence electrons. The molecule has 6 N–H and O–H groups in total. The second kappa shape index (κ2) is 28.2. The Morgan fingerprint density at radius 1 is 0.667 bits per heavy atom. The van der Waals surface area contributed by atoms with Crippen LogP contribution in [0.15, 0.2) is 0 Å². The van der Waals surface area contributed by atoms with Crippen molar-refractivity contribution < 1.29 is 39.8 Å². The summed E-state index contributed by atoms with van der Waals surface area (Å²) in [6.07, 6.45) is 19.7. The highest BCUT2D eigenvalue weighted by atomic mass is 16.7. The molecule has 0 aromatic carbocycles. The number of aliphatic hydroxyl groups excluding tert-OH is 5. The van der Waals surface area contributed by atoms with Gasteiger partial charge in [0.2, 0.25) is 5.91 Å². The van der Waals surface area contributed by atoms with Crippen molar-refractivity contribution in [1.29, 1.82) is 0 Å². The van der Waals surface area contributed by atoms with Gasteiger partial charge in [-0.1, -0.05) is 149 Å². The predicted molar refractivity (Wildman–Crippen MR) is 180 cm³/mol. The van der Waals surface area contributed by atoms with E-state index in [0.29, 0.717) is 12.8 Å². The van der Waals surface area contributed by atoms with Crippen molar-refractivity contribution in [3.8, 4) is 0 Å². The minimum atomic E-state index is -1.55. The molecule has 0 aromatic rings. The van der Waals surface area contributed by atoms with Crippen molar-refractivity contribution in [2.45, 2.75) is 211 Å². The fourth-order valence-corrected chi connectivity index (χ4v) is 6.10. The molecule has 0 saturated carbocycles. The molecule has 1 heterocycles. The summed E-state index contributed by atoms with van der Waals surface area (Å²) < 4.78 is 11.2. The van der Waals surface area contributed by atoms with E-state index in [0.717, 1.165) is 38.5 Å². The van der Waals surface area contributed by atoms with E-state index in [1.165, 1.54) is 103 Å². The third-order valence-electron chi connectivity index (χ3n) is 9.21. The van der Waals surface area contributed by atoms with Gasteiger partial charge in [0.05, 0.1) is 25.4 Å². The third-order valence-corrected chi connectivity index (χ3v) is 9.21.